The molecule has 0 saturated carbocycles. The highest BCUT2D eigenvalue weighted by Crippen LogP contribution is 2.24. The van der Waals surface area contributed by atoms with Gasteiger partial charge in [-0.05, 0) is 48.6 Å². The van der Waals surface area contributed by atoms with E-state index in [2.05, 4.69) is 51.6 Å². The van der Waals surface area contributed by atoms with Crippen LogP contribution >= 0.6 is 15.9 Å². The summed E-state index contributed by atoms with van der Waals surface area (Å²) in [5.74, 6) is 5.70. The Kier molecular flexibility index (Phi) is 4.74. The van der Waals surface area contributed by atoms with Crippen LogP contribution < -0.4 is 11.3 Å². The van der Waals surface area contributed by atoms with Gasteiger partial charge in [0, 0.05) is 23.8 Å². The van der Waals surface area contributed by atoms with Crippen LogP contribution in [0.4, 0.5) is 0 Å². The molecule has 1 aromatic heterocycles. The zero-order valence-electron chi connectivity index (χ0n) is 11.2. The van der Waals surface area contributed by atoms with Crippen molar-refractivity contribution in [3.05, 3.63) is 51.8 Å². The first-order chi connectivity index (χ1) is 9.10. The van der Waals surface area contributed by atoms with Crippen LogP contribution in [0.3, 0.4) is 0 Å². The highest BCUT2D eigenvalue weighted by atomic mass is 79.9. The van der Waals surface area contributed by atoms with E-state index in [1.54, 1.807) is 0 Å². The lowest BCUT2D eigenvalue weighted by atomic mass is 9.97. The van der Waals surface area contributed by atoms with Crippen molar-refractivity contribution in [3.8, 4) is 0 Å². The highest BCUT2D eigenvalue weighted by Gasteiger charge is 2.12. The quantitative estimate of drug-likeness (QED) is 0.657. The molecule has 0 aliphatic rings. The predicted molar refractivity (Wildman–Crippen MR) is 80.5 cm³/mol. The van der Waals surface area contributed by atoms with Gasteiger partial charge >= 0.3 is 0 Å². The first-order valence-electron chi connectivity index (χ1n) is 6.30. The zero-order chi connectivity index (χ0) is 13.8. The van der Waals surface area contributed by atoms with Gasteiger partial charge in [0.15, 0.2) is 0 Å². The minimum Gasteiger partial charge on any atom is -0.276 e. The Hall–Kier alpha value is -1.17. The highest BCUT2D eigenvalue weighted by molar-refractivity contribution is 9.10. The second-order valence-electron chi connectivity index (χ2n) is 4.78. The van der Waals surface area contributed by atoms with Gasteiger partial charge in [-0.3, -0.25) is 16.0 Å². The van der Waals surface area contributed by atoms with Crippen molar-refractivity contribution in [1.29, 1.82) is 0 Å². The number of nitrogens with zero attached hydrogens (tertiary/aromatic N) is 2. The second kappa shape index (κ2) is 6.32. The predicted octanol–water partition coefficient (Wildman–Crippen LogP) is 2.63. The molecule has 1 heterocycles. The van der Waals surface area contributed by atoms with Gasteiger partial charge in [-0.15, -0.1) is 0 Å². The molecule has 0 fully saturated rings. The molecule has 0 saturated heterocycles. The molecule has 5 heteroatoms. The minimum atomic E-state index is 0.160. The van der Waals surface area contributed by atoms with E-state index in [9.17, 15) is 0 Å². The maximum Gasteiger partial charge on any atom is 0.0521 e. The Morgan fingerprint density at radius 2 is 2.26 bits per heavy atom. The Bertz CT molecular complexity index is 550. The molecule has 0 spiro atoms. The van der Waals surface area contributed by atoms with Crippen LogP contribution in [0.5, 0.6) is 0 Å². The number of aryl methyl sites for hydroxylation is 3. The fourth-order valence-corrected chi connectivity index (χ4v) is 2.75. The third kappa shape index (κ3) is 3.65. The molecule has 2 aromatic rings. The molecule has 19 heavy (non-hydrogen) atoms. The van der Waals surface area contributed by atoms with Crippen molar-refractivity contribution in [3.63, 3.8) is 0 Å². The van der Waals surface area contributed by atoms with Gasteiger partial charge in [-0.1, -0.05) is 22.0 Å². The first kappa shape index (κ1) is 14.2. The number of aromatic nitrogens is 2. The lowest BCUT2D eigenvalue weighted by Gasteiger charge is -2.18. The fraction of sp³-hybridized carbons (Fsp3) is 0.357. The molecular weight excluding hydrogens is 304 g/mol. The monoisotopic (exact) mass is 322 g/mol. The molecule has 1 atom stereocenters. The van der Waals surface area contributed by atoms with E-state index in [0.29, 0.717) is 0 Å². The molecule has 0 aliphatic carbocycles. The number of nitrogens with two attached hydrogens (primary N) is 1. The average Bonchev–Trinajstić information content (AvgIpc) is 2.78. The van der Waals surface area contributed by atoms with E-state index in [1.165, 1.54) is 16.7 Å². The molecule has 4 nitrogen and oxygen atoms in total. The van der Waals surface area contributed by atoms with Gasteiger partial charge in [0.1, 0.15) is 0 Å². The summed E-state index contributed by atoms with van der Waals surface area (Å²) in [7, 11) is 1.93. The number of halogens is 1. The number of benzene rings is 1. The fourth-order valence-electron chi connectivity index (χ4n) is 2.27. The second-order valence-corrected chi connectivity index (χ2v) is 5.70. The smallest absolute Gasteiger partial charge is 0.0521 e. The van der Waals surface area contributed by atoms with E-state index in [0.717, 1.165) is 17.3 Å². The molecular formula is C14H19BrN4. The van der Waals surface area contributed by atoms with Crippen molar-refractivity contribution in [2.45, 2.75) is 25.8 Å². The van der Waals surface area contributed by atoms with Gasteiger partial charge in [-0.25, -0.2) is 0 Å². The van der Waals surface area contributed by atoms with Gasteiger partial charge in [0.2, 0.25) is 0 Å². The molecule has 2 rings (SSSR count). The van der Waals surface area contributed by atoms with E-state index in [-0.39, 0.29) is 6.04 Å². The third-order valence-electron chi connectivity index (χ3n) is 3.29. The van der Waals surface area contributed by atoms with E-state index < -0.39 is 0 Å². The minimum absolute atomic E-state index is 0.160. The number of hydrogen-bond donors (Lipinski definition) is 2. The van der Waals surface area contributed by atoms with Crippen LogP contribution in [0.2, 0.25) is 0 Å². The maximum absolute atomic E-state index is 5.70. The van der Waals surface area contributed by atoms with Gasteiger partial charge in [-0.2, -0.15) is 5.10 Å². The molecule has 0 amide bonds. The van der Waals surface area contributed by atoms with Gasteiger partial charge < -0.3 is 0 Å². The summed E-state index contributed by atoms with van der Waals surface area (Å²) in [4.78, 5) is 0. The van der Waals surface area contributed by atoms with Gasteiger partial charge in [0.05, 0.1) is 6.20 Å². The van der Waals surface area contributed by atoms with Crippen molar-refractivity contribution in [1.82, 2.24) is 15.2 Å². The molecule has 1 aromatic carbocycles. The normalized spacial score (nSPS) is 12.6. The molecule has 0 bridgehead atoms. The van der Waals surface area contributed by atoms with Crippen molar-refractivity contribution < 1.29 is 0 Å². The van der Waals surface area contributed by atoms with E-state index >= 15 is 0 Å². The first-order valence-corrected chi connectivity index (χ1v) is 7.09. The van der Waals surface area contributed by atoms with Crippen LogP contribution in [0, 0.1) is 6.92 Å². The molecule has 1 unspecified atom stereocenters. The van der Waals surface area contributed by atoms with E-state index in [1.807, 2.05) is 24.1 Å². The van der Waals surface area contributed by atoms with Crippen LogP contribution in [0.1, 0.15) is 29.2 Å². The number of nitrogens with one attached hydrogen (secondary N) is 1. The molecule has 102 valence electrons. The summed E-state index contributed by atoms with van der Waals surface area (Å²) in [6.45, 7) is 2.11. The lowest BCUT2D eigenvalue weighted by Crippen LogP contribution is -2.29. The summed E-state index contributed by atoms with van der Waals surface area (Å²) in [6.07, 6.45) is 5.85. The SMILES string of the molecule is Cc1cc(Br)ccc1C(CCc1cnn(C)c1)NN. The molecule has 0 aliphatic heterocycles. The summed E-state index contributed by atoms with van der Waals surface area (Å²) in [5, 5.41) is 4.18. The number of rotatable bonds is 5. The van der Waals surface area contributed by atoms with Crippen LogP contribution in [-0.4, -0.2) is 9.78 Å². The zero-order valence-corrected chi connectivity index (χ0v) is 12.8. The largest absolute Gasteiger partial charge is 0.276 e. The number of hydrogen-bond acceptors (Lipinski definition) is 3. The lowest BCUT2D eigenvalue weighted by molar-refractivity contribution is 0.514. The van der Waals surface area contributed by atoms with Crippen LogP contribution in [0.15, 0.2) is 35.1 Å². The van der Waals surface area contributed by atoms with Crippen molar-refractivity contribution in [2.75, 3.05) is 0 Å². The van der Waals surface area contributed by atoms with Crippen molar-refractivity contribution in [2.24, 2.45) is 12.9 Å². The topological polar surface area (TPSA) is 55.9 Å². The Morgan fingerprint density at radius 1 is 1.47 bits per heavy atom. The summed E-state index contributed by atoms with van der Waals surface area (Å²) in [5.41, 5.74) is 6.63. The molecule has 3 N–H and O–H groups in total. The third-order valence-corrected chi connectivity index (χ3v) is 3.78. The average molecular weight is 323 g/mol. The number of hydrazine groups is 1. The van der Waals surface area contributed by atoms with Crippen LogP contribution in [0.25, 0.3) is 0 Å². The van der Waals surface area contributed by atoms with Gasteiger partial charge in [0.25, 0.3) is 0 Å². The van der Waals surface area contributed by atoms with Crippen molar-refractivity contribution >= 4 is 15.9 Å². The summed E-state index contributed by atoms with van der Waals surface area (Å²) >= 11 is 3.48. The van der Waals surface area contributed by atoms with E-state index in [4.69, 9.17) is 5.84 Å². The summed E-state index contributed by atoms with van der Waals surface area (Å²) < 4.78 is 2.92. The Labute approximate surface area is 122 Å². The summed E-state index contributed by atoms with van der Waals surface area (Å²) in [6, 6.07) is 6.45. The Balaban J connectivity index is 2.07. The Morgan fingerprint density at radius 3 is 2.84 bits per heavy atom. The maximum atomic E-state index is 5.70. The van der Waals surface area contributed by atoms with Crippen LogP contribution in [-0.2, 0) is 13.5 Å². The molecule has 0 radical (unpaired) electrons. The standard InChI is InChI=1S/C14H19BrN4/c1-10-7-12(15)4-5-13(10)14(18-16)6-3-11-8-17-19(2)9-11/h4-5,7-9,14,18H,3,6,16H2,1-2H3.